The largest absolute Gasteiger partial charge is 0.481 e. The lowest BCUT2D eigenvalue weighted by Crippen LogP contribution is -2.46. The van der Waals surface area contributed by atoms with Crippen LogP contribution in [0.5, 0.6) is 0 Å². The summed E-state index contributed by atoms with van der Waals surface area (Å²) >= 11 is 0. The van der Waals surface area contributed by atoms with Crippen molar-refractivity contribution >= 4 is 11.9 Å². The number of alkyl halides is 3. The Balaban J connectivity index is 1.78. The van der Waals surface area contributed by atoms with Gasteiger partial charge in [-0.3, -0.25) is 9.59 Å². The second kappa shape index (κ2) is 5.85. The summed E-state index contributed by atoms with van der Waals surface area (Å²) in [6, 6.07) is -0.262. The molecule has 120 valence electrons. The summed E-state index contributed by atoms with van der Waals surface area (Å²) in [6.07, 6.45) is -1.78. The van der Waals surface area contributed by atoms with Crippen molar-refractivity contribution < 1.29 is 27.9 Å². The van der Waals surface area contributed by atoms with E-state index in [0.29, 0.717) is 25.7 Å². The van der Waals surface area contributed by atoms with Crippen LogP contribution in [0.25, 0.3) is 0 Å². The Hall–Kier alpha value is -1.27. The summed E-state index contributed by atoms with van der Waals surface area (Å²) in [7, 11) is 0. The molecule has 0 aromatic heterocycles. The lowest BCUT2D eigenvalue weighted by atomic mass is 9.66. The summed E-state index contributed by atoms with van der Waals surface area (Å²) in [5, 5.41) is 11.9. The molecule has 2 aliphatic rings. The van der Waals surface area contributed by atoms with Crippen molar-refractivity contribution in [2.24, 2.45) is 11.3 Å². The van der Waals surface area contributed by atoms with Gasteiger partial charge in [-0.2, -0.15) is 13.2 Å². The Kier molecular flexibility index (Phi) is 4.49. The first kappa shape index (κ1) is 16.1. The number of carboxylic acid groups (broad SMARTS) is 1. The minimum atomic E-state index is -4.16. The van der Waals surface area contributed by atoms with Crippen molar-refractivity contribution in [1.29, 1.82) is 0 Å². The molecule has 0 radical (unpaired) electrons. The zero-order chi connectivity index (χ0) is 15.7. The highest BCUT2D eigenvalue weighted by molar-refractivity contribution is 5.85. The zero-order valence-corrected chi connectivity index (χ0v) is 11.7. The van der Waals surface area contributed by atoms with E-state index in [1.165, 1.54) is 0 Å². The highest BCUT2D eigenvalue weighted by Gasteiger charge is 2.46. The molecule has 0 unspecified atom stereocenters. The van der Waals surface area contributed by atoms with E-state index in [2.05, 4.69) is 5.32 Å². The molecular weight excluding hydrogens is 287 g/mol. The Labute approximate surface area is 121 Å². The van der Waals surface area contributed by atoms with E-state index in [1.54, 1.807) is 0 Å². The molecule has 2 aliphatic carbocycles. The van der Waals surface area contributed by atoms with Crippen LogP contribution in [0.2, 0.25) is 0 Å². The van der Waals surface area contributed by atoms with Gasteiger partial charge in [-0.25, -0.2) is 0 Å². The van der Waals surface area contributed by atoms with Crippen molar-refractivity contribution in [3.8, 4) is 0 Å². The average molecular weight is 307 g/mol. The normalized spacial score (nSPS) is 28.5. The Morgan fingerprint density at radius 1 is 1.14 bits per heavy atom. The highest BCUT2D eigenvalue weighted by Crippen LogP contribution is 2.44. The van der Waals surface area contributed by atoms with Gasteiger partial charge < -0.3 is 10.4 Å². The van der Waals surface area contributed by atoms with Crippen molar-refractivity contribution in [2.75, 3.05) is 0 Å². The lowest BCUT2D eigenvalue weighted by Gasteiger charge is -2.37. The van der Waals surface area contributed by atoms with Gasteiger partial charge in [-0.1, -0.05) is 6.42 Å². The van der Waals surface area contributed by atoms with Crippen molar-refractivity contribution in [3.05, 3.63) is 0 Å². The van der Waals surface area contributed by atoms with Gasteiger partial charge in [0.25, 0.3) is 0 Å². The summed E-state index contributed by atoms with van der Waals surface area (Å²) in [5.41, 5.74) is -0.951. The Morgan fingerprint density at radius 3 is 2.10 bits per heavy atom. The fourth-order valence-electron chi connectivity index (χ4n) is 3.22. The molecule has 2 N–H and O–H groups in total. The molecule has 0 atom stereocenters. The molecule has 2 fully saturated rings. The number of hydrogen-bond acceptors (Lipinski definition) is 2. The van der Waals surface area contributed by atoms with Gasteiger partial charge in [0.2, 0.25) is 5.91 Å². The van der Waals surface area contributed by atoms with Gasteiger partial charge in [0.05, 0.1) is 11.3 Å². The van der Waals surface area contributed by atoms with Gasteiger partial charge in [-0.15, -0.1) is 0 Å². The number of amides is 1. The third-order valence-corrected chi connectivity index (χ3v) is 4.82. The minimum Gasteiger partial charge on any atom is -0.481 e. The molecule has 4 nitrogen and oxygen atoms in total. The van der Waals surface area contributed by atoms with E-state index in [-0.39, 0.29) is 31.2 Å². The smallest absolute Gasteiger partial charge is 0.391 e. The van der Waals surface area contributed by atoms with Crippen LogP contribution >= 0.6 is 0 Å². The fraction of sp³-hybridized carbons (Fsp3) is 0.857. The predicted octanol–water partition coefficient (Wildman–Crippen LogP) is 2.87. The molecule has 2 saturated carbocycles. The molecular formula is C14H20F3NO3. The first-order valence-electron chi connectivity index (χ1n) is 7.32. The van der Waals surface area contributed by atoms with Crippen LogP contribution in [-0.4, -0.2) is 29.2 Å². The van der Waals surface area contributed by atoms with Crippen LogP contribution in [0.3, 0.4) is 0 Å². The van der Waals surface area contributed by atoms with Crippen LogP contribution in [0.4, 0.5) is 13.2 Å². The van der Waals surface area contributed by atoms with Gasteiger partial charge in [0.1, 0.15) is 0 Å². The van der Waals surface area contributed by atoms with Crippen LogP contribution < -0.4 is 5.32 Å². The van der Waals surface area contributed by atoms with E-state index in [1.807, 2.05) is 0 Å². The molecule has 0 aromatic carbocycles. The number of hydrogen-bond donors (Lipinski definition) is 2. The molecule has 0 saturated heterocycles. The maximum Gasteiger partial charge on any atom is 0.391 e. The van der Waals surface area contributed by atoms with Gasteiger partial charge >= 0.3 is 12.1 Å². The van der Waals surface area contributed by atoms with E-state index >= 15 is 0 Å². The number of carboxylic acids is 1. The van der Waals surface area contributed by atoms with Crippen molar-refractivity contribution in [2.45, 2.75) is 63.6 Å². The number of nitrogens with one attached hydrogen (secondary N) is 1. The van der Waals surface area contributed by atoms with Crippen LogP contribution in [0.1, 0.15) is 51.4 Å². The SMILES string of the molecule is O=C(CC1(C(=O)O)CCC1)NC1CCC(C(F)(F)F)CC1. The second-order valence-corrected chi connectivity index (χ2v) is 6.27. The standard InChI is InChI=1S/C14H20F3NO3/c15-14(16,17)9-2-4-10(5-3-9)18-11(19)8-13(12(20)21)6-1-7-13/h9-10H,1-8H2,(H,18,19)(H,20,21). The lowest BCUT2D eigenvalue weighted by molar-refractivity contribution is -0.182. The summed E-state index contributed by atoms with van der Waals surface area (Å²) in [4.78, 5) is 23.1. The summed E-state index contributed by atoms with van der Waals surface area (Å²) in [5.74, 6) is -2.58. The third kappa shape index (κ3) is 3.68. The van der Waals surface area contributed by atoms with E-state index in [4.69, 9.17) is 5.11 Å². The number of aliphatic carboxylic acids is 1. The monoisotopic (exact) mass is 307 g/mol. The molecule has 0 heterocycles. The molecule has 7 heteroatoms. The summed E-state index contributed by atoms with van der Waals surface area (Å²) < 4.78 is 37.6. The molecule has 0 bridgehead atoms. The number of rotatable bonds is 4. The Morgan fingerprint density at radius 2 is 1.71 bits per heavy atom. The molecule has 1 amide bonds. The van der Waals surface area contributed by atoms with Gasteiger partial charge in [0, 0.05) is 12.5 Å². The maximum atomic E-state index is 12.5. The average Bonchev–Trinajstić information content (AvgIpc) is 2.33. The van der Waals surface area contributed by atoms with E-state index in [0.717, 1.165) is 6.42 Å². The summed E-state index contributed by atoms with van der Waals surface area (Å²) in [6.45, 7) is 0. The van der Waals surface area contributed by atoms with Crippen LogP contribution in [-0.2, 0) is 9.59 Å². The number of carbonyl (C=O) groups excluding carboxylic acids is 1. The molecule has 0 aliphatic heterocycles. The van der Waals surface area contributed by atoms with Gasteiger partial charge in [0.15, 0.2) is 0 Å². The van der Waals surface area contributed by atoms with Crippen molar-refractivity contribution in [1.82, 2.24) is 5.32 Å². The van der Waals surface area contributed by atoms with E-state index in [9.17, 15) is 22.8 Å². The first-order valence-corrected chi connectivity index (χ1v) is 7.32. The minimum absolute atomic E-state index is 0.0263. The molecule has 2 rings (SSSR count). The Bertz CT molecular complexity index is 410. The molecule has 0 aromatic rings. The van der Waals surface area contributed by atoms with Crippen LogP contribution in [0.15, 0.2) is 0 Å². The van der Waals surface area contributed by atoms with E-state index < -0.39 is 23.5 Å². The van der Waals surface area contributed by atoms with Crippen LogP contribution in [0, 0.1) is 11.3 Å². The topological polar surface area (TPSA) is 66.4 Å². The van der Waals surface area contributed by atoms with Crippen molar-refractivity contribution in [3.63, 3.8) is 0 Å². The predicted molar refractivity (Wildman–Crippen MR) is 68.5 cm³/mol. The molecule has 0 spiro atoms. The first-order chi connectivity index (χ1) is 9.73. The maximum absolute atomic E-state index is 12.5. The number of carbonyl (C=O) groups is 2. The number of halogens is 3. The second-order valence-electron chi connectivity index (χ2n) is 6.27. The zero-order valence-electron chi connectivity index (χ0n) is 11.7. The fourth-order valence-corrected chi connectivity index (χ4v) is 3.22. The highest BCUT2D eigenvalue weighted by atomic mass is 19.4. The van der Waals surface area contributed by atoms with Gasteiger partial charge in [-0.05, 0) is 38.5 Å². The molecule has 21 heavy (non-hydrogen) atoms. The quantitative estimate of drug-likeness (QED) is 0.839. The third-order valence-electron chi connectivity index (χ3n) is 4.82.